The maximum absolute atomic E-state index is 9.54. The van der Waals surface area contributed by atoms with Crippen LogP contribution in [0.25, 0.3) is 0 Å². The highest BCUT2D eigenvalue weighted by molar-refractivity contribution is 7.99. The van der Waals surface area contributed by atoms with Gasteiger partial charge in [-0.25, -0.2) is 0 Å². The van der Waals surface area contributed by atoms with Crippen LogP contribution in [0.2, 0.25) is 0 Å². The van der Waals surface area contributed by atoms with Gasteiger partial charge in [-0.15, -0.1) is 11.8 Å². The molecular weight excluding hydrogens is 230 g/mol. The predicted octanol–water partition coefficient (Wildman–Crippen LogP) is 3.86. The molecule has 2 nitrogen and oxygen atoms in total. The van der Waals surface area contributed by atoms with Crippen LogP contribution in [0.15, 0.2) is 23.1 Å². The second-order valence-electron chi connectivity index (χ2n) is 5.38. The Balaban J connectivity index is 1.82. The average molecular weight is 249 g/mol. The molecule has 1 heterocycles. The van der Waals surface area contributed by atoms with Crippen LogP contribution in [-0.2, 0) is 0 Å². The molecule has 17 heavy (non-hydrogen) atoms. The first-order valence-electron chi connectivity index (χ1n) is 6.47. The predicted molar refractivity (Wildman–Crippen MR) is 72.8 cm³/mol. The number of phenolic OH excluding ortho intramolecular Hbond substituents is 1. The van der Waals surface area contributed by atoms with Crippen molar-refractivity contribution in [1.82, 2.24) is 0 Å². The first-order chi connectivity index (χ1) is 8.27. The Morgan fingerprint density at radius 3 is 2.82 bits per heavy atom. The number of hydrogen-bond acceptors (Lipinski definition) is 3. The average Bonchev–Trinajstić information content (AvgIpc) is 2.52. The lowest BCUT2D eigenvalue weighted by atomic mass is 9.75. The SMILES string of the molecule is Oc1ccc2c(c1)SCC1(CCCCC1)CN2. The van der Waals surface area contributed by atoms with E-state index in [1.807, 2.05) is 23.9 Å². The Morgan fingerprint density at radius 2 is 2.00 bits per heavy atom. The summed E-state index contributed by atoms with van der Waals surface area (Å²) in [7, 11) is 0. The van der Waals surface area contributed by atoms with E-state index < -0.39 is 0 Å². The molecule has 0 saturated heterocycles. The molecule has 0 aromatic heterocycles. The lowest BCUT2D eigenvalue weighted by molar-refractivity contribution is 0.241. The summed E-state index contributed by atoms with van der Waals surface area (Å²) in [6, 6.07) is 5.65. The van der Waals surface area contributed by atoms with Crippen molar-refractivity contribution in [2.24, 2.45) is 5.41 Å². The van der Waals surface area contributed by atoms with Crippen molar-refractivity contribution >= 4 is 17.4 Å². The number of aromatic hydroxyl groups is 1. The summed E-state index contributed by atoms with van der Waals surface area (Å²) in [4.78, 5) is 1.20. The van der Waals surface area contributed by atoms with E-state index in [-0.39, 0.29) is 0 Å². The van der Waals surface area contributed by atoms with Gasteiger partial charge in [0, 0.05) is 22.9 Å². The van der Waals surface area contributed by atoms with E-state index in [1.165, 1.54) is 48.4 Å². The minimum absolute atomic E-state index is 0.373. The van der Waals surface area contributed by atoms with Crippen LogP contribution in [0.3, 0.4) is 0 Å². The van der Waals surface area contributed by atoms with Crippen molar-refractivity contribution in [2.75, 3.05) is 17.6 Å². The zero-order valence-corrected chi connectivity index (χ0v) is 10.9. The van der Waals surface area contributed by atoms with Crippen molar-refractivity contribution in [3.05, 3.63) is 18.2 Å². The molecule has 3 rings (SSSR count). The van der Waals surface area contributed by atoms with Gasteiger partial charge in [0.15, 0.2) is 0 Å². The van der Waals surface area contributed by atoms with Crippen LogP contribution in [0.5, 0.6) is 5.75 Å². The van der Waals surface area contributed by atoms with E-state index in [0.717, 1.165) is 6.54 Å². The van der Waals surface area contributed by atoms with Crippen molar-refractivity contribution in [3.8, 4) is 5.75 Å². The van der Waals surface area contributed by atoms with Crippen LogP contribution >= 0.6 is 11.8 Å². The van der Waals surface area contributed by atoms with Crippen molar-refractivity contribution < 1.29 is 5.11 Å². The Morgan fingerprint density at radius 1 is 1.18 bits per heavy atom. The van der Waals surface area contributed by atoms with E-state index in [9.17, 15) is 5.11 Å². The highest BCUT2D eigenvalue weighted by Gasteiger charge is 2.34. The van der Waals surface area contributed by atoms with Crippen LogP contribution in [-0.4, -0.2) is 17.4 Å². The fraction of sp³-hybridized carbons (Fsp3) is 0.571. The Labute approximate surface area is 107 Å². The number of fused-ring (bicyclic) bond motifs is 1. The molecule has 1 aromatic rings. The number of benzene rings is 1. The third kappa shape index (κ3) is 2.25. The lowest BCUT2D eigenvalue weighted by Gasteiger charge is -2.35. The van der Waals surface area contributed by atoms with E-state index in [0.29, 0.717) is 11.2 Å². The van der Waals surface area contributed by atoms with Gasteiger partial charge >= 0.3 is 0 Å². The van der Waals surface area contributed by atoms with Gasteiger partial charge in [-0.1, -0.05) is 19.3 Å². The number of thioether (sulfide) groups is 1. The maximum Gasteiger partial charge on any atom is 0.116 e. The molecule has 2 aliphatic rings. The first kappa shape index (κ1) is 11.3. The van der Waals surface area contributed by atoms with Crippen molar-refractivity contribution in [2.45, 2.75) is 37.0 Å². The van der Waals surface area contributed by atoms with Crippen LogP contribution in [0, 0.1) is 5.41 Å². The number of hydrogen-bond donors (Lipinski definition) is 2. The zero-order valence-electron chi connectivity index (χ0n) is 10.0. The molecule has 0 atom stereocenters. The molecule has 1 aliphatic heterocycles. The Bertz CT molecular complexity index is 413. The largest absolute Gasteiger partial charge is 0.508 e. The molecule has 1 spiro atoms. The highest BCUT2D eigenvalue weighted by Crippen LogP contribution is 2.45. The molecule has 1 saturated carbocycles. The Hall–Kier alpha value is -0.830. The fourth-order valence-corrected chi connectivity index (χ4v) is 4.32. The summed E-state index contributed by atoms with van der Waals surface area (Å²) in [5, 5.41) is 13.1. The number of nitrogens with one attached hydrogen (secondary N) is 1. The topological polar surface area (TPSA) is 32.3 Å². The van der Waals surface area contributed by atoms with Gasteiger partial charge in [-0.3, -0.25) is 0 Å². The van der Waals surface area contributed by atoms with E-state index in [4.69, 9.17) is 0 Å². The molecule has 0 radical (unpaired) electrons. The monoisotopic (exact) mass is 249 g/mol. The molecule has 1 aliphatic carbocycles. The third-order valence-electron chi connectivity index (χ3n) is 4.07. The molecule has 0 bridgehead atoms. The molecule has 1 aromatic carbocycles. The van der Waals surface area contributed by atoms with Crippen LogP contribution in [0.1, 0.15) is 32.1 Å². The second-order valence-corrected chi connectivity index (χ2v) is 6.40. The summed E-state index contributed by atoms with van der Waals surface area (Å²) >= 11 is 1.91. The lowest BCUT2D eigenvalue weighted by Crippen LogP contribution is -2.33. The van der Waals surface area contributed by atoms with Gasteiger partial charge in [0.1, 0.15) is 5.75 Å². The van der Waals surface area contributed by atoms with Gasteiger partial charge in [0.25, 0.3) is 0 Å². The van der Waals surface area contributed by atoms with Gasteiger partial charge in [-0.2, -0.15) is 0 Å². The molecule has 0 amide bonds. The maximum atomic E-state index is 9.54. The smallest absolute Gasteiger partial charge is 0.116 e. The summed E-state index contributed by atoms with van der Waals surface area (Å²) < 4.78 is 0. The quantitative estimate of drug-likeness (QED) is 0.685. The van der Waals surface area contributed by atoms with Gasteiger partial charge in [-0.05, 0) is 36.5 Å². The fourth-order valence-electron chi connectivity index (χ4n) is 2.96. The van der Waals surface area contributed by atoms with E-state index in [2.05, 4.69) is 5.32 Å². The van der Waals surface area contributed by atoms with Gasteiger partial charge < -0.3 is 10.4 Å². The van der Waals surface area contributed by atoms with Gasteiger partial charge in [0.2, 0.25) is 0 Å². The minimum atomic E-state index is 0.373. The molecule has 1 fully saturated rings. The molecule has 2 N–H and O–H groups in total. The second kappa shape index (κ2) is 4.45. The molecule has 3 heteroatoms. The standard InChI is InChI=1S/C14H19NOS/c16-11-4-5-12-13(8-11)17-10-14(9-15-12)6-2-1-3-7-14/h4-5,8,15-16H,1-3,6-7,9-10H2. The molecule has 0 unspecified atom stereocenters. The first-order valence-corrected chi connectivity index (χ1v) is 7.46. The number of phenols is 1. The number of rotatable bonds is 0. The van der Waals surface area contributed by atoms with E-state index >= 15 is 0 Å². The highest BCUT2D eigenvalue weighted by atomic mass is 32.2. The summed E-state index contributed by atoms with van der Waals surface area (Å²) in [5.41, 5.74) is 1.67. The molecular formula is C14H19NOS. The summed E-state index contributed by atoms with van der Waals surface area (Å²) in [6.45, 7) is 1.10. The van der Waals surface area contributed by atoms with Gasteiger partial charge in [0.05, 0.1) is 0 Å². The minimum Gasteiger partial charge on any atom is -0.508 e. The van der Waals surface area contributed by atoms with Crippen LogP contribution < -0.4 is 5.32 Å². The molecule has 92 valence electrons. The normalized spacial score (nSPS) is 22.6. The Kier molecular flexibility index (Phi) is 2.95. The summed E-state index contributed by atoms with van der Waals surface area (Å²) in [6.07, 6.45) is 6.87. The zero-order chi connectivity index (χ0) is 11.7. The third-order valence-corrected chi connectivity index (χ3v) is 5.47. The van der Waals surface area contributed by atoms with Crippen LogP contribution in [0.4, 0.5) is 5.69 Å². The number of anilines is 1. The van der Waals surface area contributed by atoms with Crippen molar-refractivity contribution in [3.63, 3.8) is 0 Å². The van der Waals surface area contributed by atoms with E-state index in [1.54, 1.807) is 6.07 Å². The summed E-state index contributed by atoms with van der Waals surface area (Å²) in [5.74, 6) is 1.56. The van der Waals surface area contributed by atoms with Crippen molar-refractivity contribution in [1.29, 1.82) is 0 Å².